The average molecular weight is 452 g/mol. The number of hydrogen-bond acceptors (Lipinski definition) is 3. The molecule has 0 fully saturated rings. The van der Waals surface area contributed by atoms with Crippen LogP contribution in [0.2, 0.25) is 0 Å². The summed E-state index contributed by atoms with van der Waals surface area (Å²) in [7, 11) is 0. The highest BCUT2D eigenvalue weighted by molar-refractivity contribution is 5.99. The number of aromatic nitrogens is 1. The van der Waals surface area contributed by atoms with Crippen LogP contribution in [0.1, 0.15) is 63.8 Å². The predicted octanol–water partition coefficient (Wildman–Crippen LogP) is 7.46. The van der Waals surface area contributed by atoms with Crippen molar-refractivity contribution in [2.24, 2.45) is 5.73 Å². The maximum Gasteiger partial charge on any atom is 0.325 e. The number of hydrogen-bond donors (Lipinski definition) is 2. The van der Waals surface area contributed by atoms with Crippen molar-refractivity contribution in [3.63, 3.8) is 0 Å². The summed E-state index contributed by atoms with van der Waals surface area (Å²) >= 11 is 0. The quantitative estimate of drug-likeness (QED) is 0.432. The van der Waals surface area contributed by atoms with Crippen molar-refractivity contribution in [2.75, 3.05) is 4.90 Å². The molecule has 0 aliphatic carbocycles. The van der Waals surface area contributed by atoms with Crippen molar-refractivity contribution in [2.45, 2.75) is 68.9 Å². The SMILES string of the molecule is CC.CC.CC.Cc1ccc(-c2nc(N(C(N)=O)c3c(C)cccc3C)ccc2CO)cc1. The lowest BCUT2D eigenvalue weighted by Gasteiger charge is -2.24. The normalized spacial score (nSPS) is 9.27. The second-order valence-corrected chi connectivity index (χ2v) is 6.62. The summed E-state index contributed by atoms with van der Waals surface area (Å²) in [6.45, 7) is 17.7. The Balaban J connectivity index is 0.00000158. The predicted molar refractivity (Wildman–Crippen MR) is 142 cm³/mol. The van der Waals surface area contributed by atoms with Crippen molar-refractivity contribution < 1.29 is 9.90 Å². The van der Waals surface area contributed by atoms with Crippen molar-refractivity contribution in [3.8, 4) is 11.3 Å². The first-order valence-electron chi connectivity index (χ1n) is 11.8. The maximum atomic E-state index is 12.3. The first kappa shape index (κ1) is 29.8. The Morgan fingerprint density at radius 2 is 1.36 bits per heavy atom. The molecule has 0 bridgehead atoms. The number of amides is 2. The minimum absolute atomic E-state index is 0.142. The number of aryl methyl sites for hydroxylation is 3. The molecule has 0 unspecified atom stereocenters. The maximum absolute atomic E-state index is 12.3. The zero-order valence-electron chi connectivity index (χ0n) is 21.7. The smallest absolute Gasteiger partial charge is 0.325 e. The van der Waals surface area contributed by atoms with Crippen LogP contribution >= 0.6 is 0 Å². The molecule has 1 aromatic heterocycles. The second kappa shape index (κ2) is 15.6. The van der Waals surface area contributed by atoms with Crippen molar-refractivity contribution in [1.29, 1.82) is 0 Å². The topological polar surface area (TPSA) is 79.5 Å². The summed E-state index contributed by atoms with van der Waals surface area (Å²) in [5, 5.41) is 9.73. The van der Waals surface area contributed by atoms with Gasteiger partial charge in [-0.05, 0) is 38.0 Å². The van der Waals surface area contributed by atoms with Crippen LogP contribution in [0, 0.1) is 20.8 Å². The van der Waals surface area contributed by atoms with Gasteiger partial charge in [0.1, 0.15) is 5.82 Å². The molecule has 1 heterocycles. The zero-order valence-corrected chi connectivity index (χ0v) is 21.7. The number of urea groups is 1. The lowest BCUT2D eigenvalue weighted by Crippen LogP contribution is -2.33. The van der Waals surface area contributed by atoms with Crippen LogP contribution in [0.25, 0.3) is 11.3 Å². The Bertz CT molecular complexity index is 963. The highest BCUT2D eigenvalue weighted by atomic mass is 16.3. The van der Waals surface area contributed by atoms with E-state index in [4.69, 9.17) is 5.73 Å². The molecular weight excluding hydrogens is 410 g/mol. The Kier molecular flexibility index (Phi) is 14.1. The lowest BCUT2D eigenvalue weighted by atomic mass is 10.0. The van der Waals surface area contributed by atoms with Gasteiger partial charge < -0.3 is 10.8 Å². The van der Waals surface area contributed by atoms with Gasteiger partial charge in [-0.3, -0.25) is 0 Å². The summed E-state index contributed by atoms with van der Waals surface area (Å²) in [4.78, 5) is 18.4. The molecule has 2 amide bonds. The first-order valence-corrected chi connectivity index (χ1v) is 11.8. The van der Waals surface area contributed by atoms with Gasteiger partial charge in [-0.1, -0.05) is 95.6 Å². The standard InChI is InChI=1S/C22H23N3O2.3C2H6/c1-14-7-9-17(10-8-14)20-18(13-26)11-12-19(24-20)25(22(23)27)21-15(2)5-4-6-16(21)3;3*1-2/h4-12,26H,13H2,1-3H3,(H2,23,27);3*1-2H3. The van der Waals surface area contributed by atoms with E-state index in [0.717, 1.165) is 27.9 Å². The summed E-state index contributed by atoms with van der Waals surface area (Å²) in [6, 6.07) is 16.6. The zero-order chi connectivity index (χ0) is 25.6. The van der Waals surface area contributed by atoms with Crippen molar-refractivity contribution >= 4 is 17.5 Å². The van der Waals surface area contributed by atoms with Gasteiger partial charge in [0.05, 0.1) is 18.0 Å². The molecule has 2 aromatic carbocycles. The number of anilines is 2. The van der Waals surface area contributed by atoms with Gasteiger partial charge >= 0.3 is 6.03 Å². The Morgan fingerprint density at radius 1 is 0.848 bits per heavy atom. The number of aliphatic hydroxyl groups excluding tert-OH is 1. The molecular formula is C28H41N3O2. The van der Waals surface area contributed by atoms with Gasteiger partial charge in [0.2, 0.25) is 0 Å². The molecule has 3 rings (SSSR count). The van der Waals surface area contributed by atoms with Crippen LogP contribution in [-0.2, 0) is 6.61 Å². The number of nitrogens with two attached hydrogens (primary N) is 1. The molecule has 0 saturated heterocycles. The van der Waals surface area contributed by atoms with E-state index in [-0.39, 0.29) is 6.61 Å². The first-order chi connectivity index (χ1) is 15.9. The number of benzene rings is 2. The second-order valence-electron chi connectivity index (χ2n) is 6.62. The summed E-state index contributed by atoms with van der Waals surface area (Å²) in [6.07, 6.45) is 0. The van der Waals surface area contributed by atoms with Crippen molar-refractivity contribution in [3.05, 3.63) is 76.9 Å². The van der Waals surface area contributed by atoms with Crippen LogP contribution < -0.4 is 10.6 Å². The molecule has 33 heavy (non-hydrogen) atoms. The third-order valence-electron chi connectivity index (χ3n) is 4.57. The molecule has 5 nitrogen and oxygen atoms in total. The number of aliphatic hydroxyl groups is 1. The van der Waals surface area contributed by atoms with E-state index >= 15 is 0 Å². The third-order valence-corrected chi connectivity index (χ3v) is 4.57. The molecule has 0 aliphatic rings. The summed E-state index contributed by atoms with van der Waals surface area (Å²) < 4.78 is 0. The van der Waals surface area contributed by atoms with E-state index in [2.05, 4.69) is 4.98 Å². The summed E-state index contributed by atoms with van der Waals surface area (Å²) in [5.41, 5.74) is 11.6. The monoisotopic (exact) mass is 451 g/mol. The van der Waals surface area contributed by atoms with Gasteiger partial charge in [0.15, 0.2) is 0 Å². The van der Waals surface area contributed by atoms with Crippen LogP contribution in [0.5, 0.6) is 0 Å². The highest BCUT2D eigenvalue weighted by Gasteiger charge is 2.21. The van der Waals surface area contributed by atoms with Crippen LogP contribution in [-0.4, -0.2) is 16.1 Å². The van der Waals surface area contributed by atoms with Gasteiger partial charge in [-0.25, -0.2) is 14.7 Å². The molecule has 180 valence electrons. The van der Waals surface area contributed by atoms with E-state index in [1.54, 1.807) is 12.1 Å². The molecule has 3 N–H and O–H groups in total. The number of nitrogens with zero attached hydrogens (tertiary/aromatic N) is 2. The molecule has 0 atom stereocenters. The molecule has 5 heteroatoms. The van der Waals surface area contributed by atoms with E-state index in [1.807, 2.05) is 105 Å². The van der Waals surface area contributed by atoms with Crippen LogP contribution in [0.3, 0.4) is 0 Å². The van der Waals surface area contributed by atoms with Gasteiger partial charge in [0.25, 0.3) is 0 Å². The minimum Gasteiger partial charge on any atom is -0.392 e. The van der Waals surface area contributed by atoms with E-state index in [0.29, 0.717) is 17.1 Å². The number of para-hydroxylation sites is 1. The lowest BCUT2D eigenvalue weighted by molar-refractivity contribution is 0.256. The molecule has 0 radical (unpaired) electrons. The van der Waals surface area contributed by atoms with E-state index in [9.17, 15) is 9.90 Å². The Labute approximate surface area is 200 Å². The van der Waals surface area contributed by atoms with Crippen LogP contribution in [0.15, 0.2) is 54.6 Å². The number of pyridine rings is 1. The number of carbonyl (C=O) groups excluding carboxylic acids is 1. The Morgan fingerprint density at radius 3 is 1.82 bits per heavy atom. The van der Waals surface area contributed by atoms with E-state index < -0.39 is 6.03 Å². The highest BCUT2D eigenvalue weighted by Crippen LogP contribution is 2.33. The summed E-state index contributed by atoms with van der Waals surface area (Å²) in [5.74, 6) is 0.424. The Hall–Kier alpha value is -3.18. The van der Waals surface area contributed by atoms with Gasteiger partial charge in [0, 0.05) is 11.1 Å². The number of carbonyl (C=O) groups is 1. The van der Waals surface area contributed by atoms with E-state index in [1.165, 1.54) is 4.90 Å². The molecule has 3 aromatic rings. The third kappa shape index (κ3) is 7.72. The molecule has 0 saturated carbocycles. The molecule has 0 aliphatic heterocycles. The number of rotatable bonds is 4. The fourth-order valence-corrected chi connectivity index (χ4v) is 3.19. The van der Waals surface area contributed by atoms with Gasteiger partial charge in [-0.2, -0.15) is 0 Å². The largest absolute Gasteiger partial charge is 0.392 e. The fourth-order valence-electron chi connectivity index (χ4n) is 3.19. The minimum atomic E-state index is -0.605. The van der Waals surface area contributed by atoms with Gasteiger partial charge in [-0.15, -0.1) is 0 Å². The molecule has 0 spiro atoms. The number of primary amides is 1. The fraction of sp³-hybridized carbons (Fsp3) is 0.357. The van der Waals surface area contributed by atoms with Crippen LogP contribution in [0.4, 0.5) is 16.3 Å². The van der Waals surface area contributed by atoms with Crippen molar-refractivity contribution in [1.82, 2.24) is 4.98 Å². The average Bonchev–Trinajstić information content (AvgIpc) is 2.85.